The molecule has 2 N–H and O–H groups in total. The van der Waals surface area contributed by atoms with Gasteiger partial charge in [0.05, 0.1) is 26.4 Å². The zero-order chi connectivity index (χ0) is 20.5. The van der Waals surface area contributed by atoms with Gasteiger partial charge in [0.2, 0.25) is 0 Å². The van der Waals surface area contributed by atoms with Gasteiger partial charge in [-0.2, -0.15) is 0 Å². The minimum absolute atomic E-state index is 0.134. The zero-order valence-electron chi connectivity index (χ0n) is 18.1. The van der Waals surface area contributed by atoms with Gasteiger partial charge in [-0.3, -0.25) is 4.90 Å². The quantitative estimate of drug-likeness (QED) is 0.676. The standard InChI is InChI=1S/C22H37N3O3/c1-6-18(7-2)20(25-10-12-28-13-11-25)15-23-22(26)24-17(4)19-14-16(3)8-9-21(19)27-5/h8-9,14,17-18,20H,6-7,10-13,15H2,1-5H3,(H2,23,24,26). The van der Waals surface area contributed by atoms with E-state index in [0.717, 1.165) is 56.0 Å². The lowest BCUT2D eigenvalue weighted by molar-refractivity contribution is 0.00236. The second-order valence-electron chi connectivity index (χ2n) is 7.61. The summed E-state index contributed by atoms with van der Waals surface area (Å²) in [5, 5.41) is 6.17. The molecule has 0 aromatic heterocycles. The summed E-state index contributed by atoms with van der Waals surface area (Å²) in [5.74, 6) is 1.36. The molecule has 1 fully saturated rings. The number of rotatable bonds is 9. The lowest BCUT2D eigenvalue weighted by Gasteiger charge is -2.38. The van der Waals surface area contributed by atoms with Gasteiger partial charge in [-0.1, -0.05) is 44.4 Å². The smallest absolute Gasteiger partial charge is 0.315 e. The topological polar surface area (TPSA) is 62.8 Å². The van der Waals surface area contributed by atoms with Crippen molar-refractivity contribution in [1.82, 2.24) is 15.5 Å². The fourth-order valence-electron chi connectivity index (χ4n) is 4.05. The largest absolute Gasteiger partial charge is 0.496 e. The van der Waals surface area contributed by atoms with Crippen molar-refractivity contribution >= 4 is 6.03 Å². The third kappa shape index (κ3) is 6.11. The molecule has 0 spiro atoms. The number of benzene rings is 1. The van der Waals surface area contributed by atoms with Gasteiger partial charge in [0.25, 0.3) is 0 Å². The number of hydrogen-bond donors (Lipinski definition) is 2. The zero-order valence-corrected chi connectivity index (χ0v) is 18.1. The molecule has 1 saturated heterocycles. The van der Waals surface area contributed by atoms with E-state index < -0.39 is 0 Å². The molecule has 0 aliphatic carbocycles. The van der Waals surface area contributed by atoms with Crippen LogP contribution >= 0.6 is 0 Å². The Morgan fingerprint density at radius 3 is 2.54 bits per heavy atom. The van der Waals surface area contributed by atoms with E-state index >= 15 is 0 Å². The molecule has 0 saturated carbocycles. The van der Waals surface area contributed by atoms with Gasteiger partial charge in [-0.25, -0.2) is 4.79 Å². The van der Waals surface area contributed by atoms with Crippen LogP contribution in [0.1, 0.15) is 50.8 Å². The number of hydrogen-bond acceptors (Lipinski definition) is 4. The summed E-state index contributed by atoms with van der Waals surface area (Å²) in [6.07, 6.45) is 2.22. The Morgan fingerprint density at radius 2 is 1.93 bits per heavy atom. The van der Waals surface area contributed by atoms with E-state index in [4.69, 9.17) is 9.47 Å². The van der Waals surface area contributed by atoms with E-state index in [1.54, 1.807) is 7.11 Å². The molecule has 0 radical (unpaired) electrons. The number of morpholine rings is 1. The molecule has 2 rings (SSSR count). The fourth-order valence-corrected chi connectivity index (χ4v) is 4.05. The Balaban J connectivity index is 1.97. The average molecular weight is 392 g/mol. The van der Waals surface area contributed by atoms with Crippen LogP contribution in [0.5, 0.6) is 5.75 Å². The van der Waals surface area contributed by atoms with Crippen molar-refractivity contribution < 1.29 is 14.3 Å². The molecule has 2 amide bonds. The number of methoxy groups -OCH3 is 1. The van der Waals surface area contributed by atoms with E-state index in [2.05, 4.69) is 35.4 Å². The molecule has 0 bridgehead atoms. The van der Waals surface area contributed by atoms with E-state index in [0.29, 0.717) is 18.5 Å². The molecule has 1 aliphatic rings. The van der Waals surface area contributed by atoms with Gasteiger partial charge in [-0.05, 0) is 25.8 Å². The highest BCUT2D eigenvalue weighted by Gasteiger charge is 2.27. The number of aryl methyl sites for hydroxylation is 1. The van der Waals surface area contributed by atoms with Crippen molar-refractivity contribution in [3.63, 3.8) is 0 Å². The Labute approximate surface area is 170 Å². The second kappa shape index (κ2) is 11.3. The highest BCUT2D eigenvalue weighted by Crippen LogP contribution is 2.26. The number of nitrogens with one attached hydrogen (secondary N) is 2. The molecule has 1 heterocycles. The van der Waals surface area contributed by atoms with Crippen molar-refractivity contribution in [3.8, 4) is 5.75 Å². The van der Waals surface area contributed by atoms with Gasteiger partial charge in [0.1, 0.15) is 5.75 Å². The Bertz CT molecular complexity index is 613. The van der Waals surface area contributed by atoms with Gasteiger partial charge in [-0.15, -0.1) is 0 Å². The highest BCUT2D eigenvalue weighted by molar-refractivity contribution is 5.74. The van der Waals surface area contributed by atoms with Crippen LogP contribution in [-0.4, -0.2) is 56.9 Å². The lowest BCUT2D eigenvalue weighted by atomic mass is 9.92. The van der Waals surface area contributed by atoms with Crippen molar-refractivity contribution in [3.05, 3.63) is 29.3 Å². The summed E-state index contributed by atoms with van der Waals surface area (Å²) in [6, 6.07) is 6.09. The number of carbonyl (C=O) groups excluding carboxylic acids is 1. The summed E-state index contributed by atoms with van der Waals surface area (Å²) in [4.78, 5) is 15.1. The first-order valence-corrected chi connectivity index (χ1v) is 10.5. The predicted molar refractivity (Wildman–Crippen MR) is 113 cm³/mol. The molecular weight excluding hydrogens is 354 g/mol. The Morgan fingerprint density at radius 1 is 1.25 bits per heavy atom. The SMILES string of the molecule is CCC(CC)C(CNC(=O)NC(C)c1cc(C)ccc1OC)N1CCOCC1. The summed E-state index contributed by atoms with van der Waals surface area (Å²) in [6.45, 7) is 12.5. The van der Waals surface area contributed by atoms with Crippen molar-refractivity contribution in [2.24, 2.45) is 5.92 Å². The molecule has 1 aromatic rings. The number of nitrogens with zero attached hydrogens (tertiary/aromatic N) is 1. The molecule has 28 heavy (non-hydrogen) atoms. The van der Waals surface area contributed by atoms with Crippen molar-refractivity contribution in [2.45, 2.75) is 52.6 Å². The first kappa shape index (κ1) is 22.5. The first-order valence-electron chi connectivity index (χ1n) is 10.5. The Hall–Kier alpha value is -1.79. The molecular formula is C22H37N3O3. The van der Waals surface area contributed by atoms with Gasteiger partial charge in [0.15, 0.2) is 0 Å². The molecule has 158 valence electrons. The van der Waals surface area contributed by atoms with Crippen molar-refractivity contribution in [1.29, 1.82) is 0 Å². The maximum Gasteiger partial charge on any atom is 0.315 e. The van der Waals surface area contributed by atoms with Crippen LogP contribution < -0.4 is 15.4 Å². The van der Waals surface area contributed by atoms with Crippen LogP contribution in [-0.2, 0) is 4.74 Å². The average Bonchev–Trinajstić information content (AvgIpc) is 2.71. The van der Waals surface area contributed by atoms with Crippen LogP contribution in [0.4, 0.5) is 4.79 Å². The molecule has 6 heteroatoms. The first-order chi connectivity index (χ1) is 13.5. The number of amides is 2. The minimum Gasteiger partial charge on any atom is -0.496 e. The molecule has 1 aliphatic heterocycles. The van der Waals surface area contributed by atoms with E-state index in [-0.39, 0.29) is 12.1 Å². The summed E-state index contributed by atoms with van der Waals surface area (Å²) in [7, 11) is 1.66. The van der Waals surface area contributed by atoms with Gasteiger partial charge >= 0.3 is 6.03 Å². The second-order valence-corrected chi connectivity index (χ2v) is 7.61. The van der Waals surface area contributed by atoms with Gasteiger partial charge < -0.3 is 20.1 Å². The van der Waals surface area contributed by atoms with Crippen molar-refractivity contribution in [2.75, 3.05) is 40.0 Å². The predicted octanol–water partition coefficient (Wildman–Crippen LogP) is 3.50. The third-order valence-corrected chi connectivity index (χ3v) is 5.78. The fraction of sp³-hybridized carbons (Fsp3) is 0.682. The maximum absolute atomic E-state index is 12.6. The minimum atomic E-state index is -0.139. The number of urea groups is 1. The number of ether oxygens (including phenoxy) is 2. The van der Waals surface area contributed by atoms with Crippen LogP contribution in [0.25, 0.3) is 0 Å². The van der Waals surface area contributed by atoms with Crippen LogP contribution in [0.3, 0.4) is 0 Å². The monoisotopic (exact) mass is 391 g/mol. The van der Waals surface area contributed by atoms with E-state index in [1.165, 1.54) is 0 Å². The lowest BCUT2D eigenvalue weighted by Crippen LogP contribution is -2.53. The summed E-state index contributed by atoms with van der Waals surface area (Å²) in [5.41, 5.74) is 2.13. The van der Waals surface area contributed by atoms with E-state index in [9.17, 15) is 4.79 Å². The normalized spacial score (nSPS) is 17.2. The van der Waals surface area contributed by atoms with Gasteiger partial charge in [0, 0.05) is 31.2 Å². The maximum atomic E-state index is 12.6. The summed E-state index contributed by atoms with van der Waals surface area (Å²) >= 11 is 0. The van der Waals surface area contributed by atoms with E-state index in [1.807, 2.05) is 26.0 Å². The molecule has 6 nitrogen and oxygen atoms in total. The molecule has 2 unspecified atom stereocenters. The molecule has 2 atom stereocenters. The number of carbonyl (C=O) groups is 1. The summed E-state index contributed by atoms with van der Waals surface area (Å²) < 4.78 is 11.0. The Kier molecular flexibility index (Phi) is 9.06. The third-order valence-electron chi connectivity index (χ3n) is 5.78. The van der Waals surface area contributed by atoms with Crippen LogP contribution in [0.2, 0.25) is 0 Å². The van der Waals surface area contributed by atoms with Crippen LogP contribution in [0.15, 0.2) is 18.2 Å². The molecule has 1 aromatic carbocycles. The van der Waals surface area contributed by atoms with Crippen LogP contribution in [0, 0.1) is 12.8 Å². The highest BCUT2D eigenvalue weighted by atomic mass is 16.5.